The summed E-state index contributed by atoms with van der Waals surface area (Å²) < 4.78 is 19.8. The van der Waals surface area contributed by atoms with Gasteiger partial charge in [0.05, 0.1) is 12.2 Å². The molecule has 0 radical (unpaired) electrons. The fourth-order valence-electron chi connectivity index (χ4n) is 2.28. The number of rotatable bonds is 6. The molecule has 0 aliphatic heterocycles. The Morgan fingerprint density at radius 2 is 1.72 bits per heavy atom. The Bertz CT molecular complexity index is 888. The lowest BCUT2D eigenvalue weighted by atomic mass is 10.2. The molecule has 0 aliphatic carbocycles. The van der Waals surface area contributed by atoms with Gasteiger partial charge in [-0.15, -0.1) is 0 Å². The van der Waals surface area contributed by atoms with Gasteiger partial charge in [0.2, 0.25) is 0 Å². The lowest BCUT2D eigenvalue weighted by molar-refractivity contribution is -0.00174. The maximum Gasteiger partial charge on any atom is 0.326 e. The first-order valence-electron chi connectivity index (χ1n) is 7.44. The largest absolute Gasteiger partial charge is 0.457 e. The van der Waals surface area contributed by atoms with Crippen molar-refractivity contribution in [1.82, 2.24) is 15.0 Å². The third-order valence-corrected chi connectivity index (χ3v) is 3.55. The minimum Gasteiger partial charge on any atom is -0.457 e. The van der Waals surface area contributed by atoms with Crippen LogP contribution in [0, 0.1) is 5.82 Å². The van der Waals surface area contributed by atoms with Gasteiger partial charge in [-0.05, 0) is 42.0 Å². The van der Waals surface area contributed by atoms with Crippen molar-refractivity contribution in [3.05, 3.63) is 82.3 Å². The second-order valence-electron chi connectivity index (χ2n) is 5.37. The number of aliphatic hydroxyl groups is 1. The lowest BCUT2D eigenvalue weighted by Crippen LogP contribution is -2.18. The van der Waals surface area contributed by atoms with E-state index in [0.717, 1.165) is 5.56 Å². The SMILES string of the molecule is O=c1[nH]c(C(O)NO)cn1Cc1ccc(Oc2ccc(F)cc2)cc1. The molecule has 0 bridgehead atoms. The van der Waals surface area contributed by atoms with Gasteiger partial charge < -0.3 is 20.0 Å². The van der Waals surface area contributed by atoms with Gasteiger partial charge in [-0.3, -0.25) is 4.57 Å². The monoisotopic (exact) mass is 345 g/mol. The van der Waals surface area contributed by atoms with Crippen molar-refractivity contribution >= 4 is 0 Å². The maximum absolute atomic E-state index is 12.9. The Morgan fingerprint density at radius 3 is 2.32 bits per heavy atom. The van der Waals surface area contributed by atoms with Gasteiger partial charge >= 0.3 is 5.69 Å². The van der Waals surface area contributed by atoms with Crippen LogP contribution in [0.25, 0.3) is 0 Å². The number of ether oxygens (including phenoxy) is 1. The summed E-state index contributed by atoms with van der Waals surface area (Å²) >= 11 is 0. The molecule has 7 nitrogen and oxygen atoms in total. The van der Waals surface area contributed by atoms with Crippen LogP contribution in [0.1, 0.15) is 17.5 Å². The van der Waals surface area contributed by atoms with E-state index in [0.29, 0.717) is 11.5 Å². The quantitative estimate of drug-likeness (QED) is 0.405. The first-order chi connectivity index (χ1) is 12.0. The van der Waals surface area contributed by atoms with Crippen LogP contribution in [0.4, 0.5) is 4.39 Å². The number of hydrogen-bond donors (Lipinski definition) is 4. The highest BCUT2D eigenvalue weighted by atomic mass is 19.1. The number of nitrogens with zero attached hydrogens (tertiary/aromatic N) is 1. The van der Waals surface area contributed by atoms with Crippen molar-refractivity contribution < 1.29 is 19.4 Å². The van der Waals surface area contributed by atoms with Gasteiger partial charge in [-0.25, -0.2) is 9.18 Å². The lowest BCUT2D eigenvalue weighted by Gasteiger charge is -2.07. The summed E-state index contributed by atoms with van der Waals surface area (Å²) in [5.74, 6) is 0.768. The number of aromatic nitrogens is 2. The Kier molecular flexibility index (Phi) is 4.94. The van der Waals surface area contributed by atoms with E-state index in [1.165, 1.54) is 35.0 Å². The zero-order valence-electron chi connectivity index (χ0n) is 13.0. The van der Waals surface area contributed by atoms with Crippen molar-refractivity contribution in [2.24, 2.45) is 0 Å². The molecule has 0 spiro atoms. The normalized spacial score (nSPS) is 12.1. The molecular weight excluding hydrogens is 329 g/mol. The molecule has 0 amide bonds. The number of hydrogen-bond acceptors (Lipinski definition) is 5. The maximum atomic E-state index is 12.9. The average Bonchev–Trinajstić information content (AvgIpc) is 2.98. The molecule has 25 heavy (non-hydrogen) atoms. The van der Waals surface area contributed by atoms with Gasteiger partial charge in [0.1, 0.15) is 17.3 Å². The van der Waals surface area contributed by atoms with E-state index in [1.807, 2.05) is 0 Å². The summed E-state index contributed by atoms with van der Waals surface area (Å²) in [4.78, 5) is 14.3. The molecule has 0 aliphatic rings. The van der Waals surface area contributed by atoms with Crippen LogP contribution in [0.5, 0.6) is 11.5 Å². The number of halogens is 1. The van der Waals surface area contributed by atoms with E-state index < -0.39 is 11.9 Å². The van der Waals surface area contributed by atoms with Crippen LogP contribution >= 0.6 is 0 Å². The first-order valence-corrected chi connectivity index (χ1v) is 7.44. The van der Waals surface area contributed by atoms with Crippen molar-refractivity contribution in [3.8, 4) is 11.5 Å². The zero-order valence-corrected chi connectivity index (χ0v) is 13.0. The van der Waals surface area contributed by atoms with E-state index in [4.69, 9.17) is 9.94 Å². The number of nitrogens with one attached hydrogen (secondary N) is 2. The highest BCUT2D eigenvalue weighted by Crippen LogP contribution is 2.22. The van der Waals surface area contributed by atoms with Crippen molar-refractivity contribution in [3.63, 3.8) is 0 Å². The van der Waals surface area contributed by atoms with Crippen LogP contribution in [-0.2, 0) is 6.54 Å². The molecule has 0 fully saturated rings. The van der Waals surface area contributed by atoms with Gasteiger partial charge in [0, 0.05) is 6.20 Å². The Labute approximate surface area is 141 Å². The van der Waals surface area contributed by atoms with E-state index in [1.54, 1.807) is 29.7 Å². The van der Waals surface area contributed by atoms with E-state index in [9.17, 15) is 14.3 Å². The van der Waals surface area contributed by atoms with Gasteiger partial charge in [-0.2, -0.15) is 5.48 Å². The molecule has 130 valence electrons. The zero-order chi connectivity index (χ0) is 17.8. The van der Waals surface area contributed by atoms with Crippen molar-refractivity contribution in [2.75, 3.05) is 0 Å². The molecular formula is C17H16FN3O4. The number of hydroxylamine groups is 1. The van der Waals surface area contributed by atoms with E-state index in [2.05, 4.69) is 4.98 Å². The highest BCUT2D eigenvalue weighted by molar-refractivity contribution is 5.33. The number of aromatic amines is 1. The van der Waals surface area contributed by atoms with Gasteiger partial charge in [0.25, 0.3) is 0 Å². The summed E-state index contributed by atoms with van der Waals surface area (Å²) in [5, 5.41) is 18.1. The molecule has 1 aromatic heterocycles. The molecule has 3 rings (SSSR count). The van der Waals surface area contributed by atoms with E-state index in [-0.39, 0.29) is 18.1 Å². The number of benzene rings is 2. The molecule has 8 heteroatoms. The van der Waals surface area contributed by atoms with Gasteiger partial charge in [0.15, 0.2) is 6.23 Å². The highest BCUT2D eigenvalue weighted by Gasteiger charge is 2.11. The van der Waals surface area contributed by atoms with Crippen LogP contribution in [0.3, 0.4) is 0 Å². The summed E-state index contributed by atoms with van der Waals surface area (Å²) in [6, 6.07) is 12.8. The third kappa shape index (κ3) is 4.13. The van der Waals surface area contributed by atoms with Crippen molar-refractivity contribution in [1.29, 1.82) is 0 Å². The standard InChI is InChI=1S/C17H16FN3O4/c18-12-3-7-14(8-4-12)25-13-5-1-11(2-6-13)9-21-10-15(16(22)20-24)19-17(21)23/h1-8,10,16,20,22,24H,9H2,(H,19,23). The van der Waals surface area contributed by atoms with E-state index >= 15 is 0 Å². The summed E-state index contributed by atoms with van der Waals surface area (Å²) in [5.41, 5.74) is 2.24. The van der Waals surface area contributed by atoms with Crippen LogP contribution in [-0.4, -0.2) is 19.9 Å². The minimum atomic E-state index is -1.36. The molecule has 1 unspecified atom stereocenters. The van der Waals surface area contributed by atoms with Crippen LogP contribution < -0.4 is 15.9 Å². The molecule has 1 heterocycles. The molecule has 3 aromatic rings. The fourth-order valence-corrected chi connectivity index (χ4v) is 2.28. The number of aliphatic hydroxyl groups excluding tert-OH is 1. The first kappa shape index (κ1) is 16.9. The van der Waals surface area contributed by atoms with Crippen molar-refractivity contribution in [2.45, 2.75) is 12.8 Å². The third-order valence-electron chi connectivity index (χ3n) is 3.55. The van der Waals surface area contributed by atoms with Crippen LogP contribution in [0.15, 0.2) is 59.5 Å². The molecule has 1 atom stereocenters. The predicted molar refractivity (Wildman–Crippen MR) is 87.0 cm³/mol. The molecule has 0 saturated carbocycles. The summed E-state index contributed by atoms with van der Waals surface area (Å²) in [7, 11) is 0. The molecule has 0 saturated heterocycles. The second-order valence-corrected chi connectivity index (χ2v) is 5.37. The second kappa shape index (κ2) is 7.31. The smallest absolute Gasteiger partial charge is 0.326 e. The minimum absolute atomic E-state index is 0.156. The fraction of sp³-hybridized carbons (Fsp3) is 0.118. The average molecular weight is 345 g/mol. The van der Waals surface area contributed by atoms with Crippen LogP contribution in [0.2, 0.25) is 0 Å². The Morgan fingerprint density at radius 1 is 1.12 bits per heavy atom. The summed E-state index contributed by atoms with van der Waals surface area (Å²) in [6.07, 6.45) is 0.0551. The predicted octanol–water partition coefficient (Wildman–Crippen LogP) is 2.13. The number of H-pyrrole nitrogens is 1. The molecule has 4 N–H and O–H groups in total. The molecule has 2 aromatic carbocycles. The summed E-state index contributed by atoms with van der Waals surface area (Å²) in [6.45, 7) is 0.282. The topological polar surface area (TPSA) is 99.5 Å². The Balaban J connectivity index is 1.69. The van der Waals surface area contributed by atoms with Gasteiger partial charge in [-0.1, -0.05) is 12.1 Å². The Hall–Kier alpha value is -2.94. The number of imidazole rings is 1.